The lowest BCUT2D eigenvalue weighted by Crippen LogP contribution is -2.44. The van der Waals surface area contributed by atoms with Crippen molar-refractivity contribution in [2.45, 2.75) is 0 Å². The van der Waals surface area contributed by atoms with Crippen molar-refractivity contribution in [1.29, 1.82) is 0 Å². The van der Waals surface area contributed by atoms with E-state index in [0.717, 1.165) is 26.2 Å². The Labute approximate surface area is 90.4 Å². The van der Waals surface area contributed by atoms with Crippen molar-refractivity contribution in [3.63, 3.8) is 0 Å². The standard InChI is InChI=1S/C9H11BrFN3/c10-7-5-8(11)9(13-6-7)14-3-1-12-2-4-14/h5-6,12H,1-4H2. The van der Waals surface area contributed by atoms with Crippen molar-refractivity contribution in [1.82, 2.24) is 10.3 Å². The Kier molecular flexibility index (Phi) is 2.98. The molecule has 1 saturated heterocycles. The summed E-state index contributed by atoms with van der Waals surface area (Å²) in [5, 5.41) is 3.21. The molecule has 0 radical (unpaired) electrons. The second-order valence-corrected chi connectivity index (χ2v) is 4.11. The van der Waals surface area contributed by atoms with Crippen molar-refractivity contribution in [2.75, 3.05) is 31.1 Å². The van der Waals surface area contributed by atoms with Crippen molar-refractivity contribution in [3.8, 4) is 0 Å². The highest BCUT2D eigenvalue weighted by atomic mass is 79.9. The highest BCUT2D eigenvalue weighted by Crippen LogP contribution is 2.19. The van der Waals surface area contributed by atoms with E-state index in [-0.39, 0.29) is 5.82 Å². The molecule has 0 saturated carbocycles. The van der Waals surface area contributed by atoms with Crippen molar-refractivity contribution in [3.05, 3.63) is 22.6 Å². The van der Waals surface area contributed by atoms with E-state index < -0.39 is 0 Å². The van der Waals surface area contributed by atoms with E-state index >= 15 is 0 Å². The minimum atomic E-state index is -0.263. The summed E-state index contributed by atoms with van der Waals surface area (Å²) in [5.74, 6) is 0.191. The lowest BCUT2D eigenvalue weighted by atomic mass is 10.3. The topological polar surface area (TPSA) is 28.2 Å². The van der Waals surface area contributed by atoms with Gasteiger partial charge in [-0.3, -0.25) is 0 Å². The Balaban J connectivity index is 2.22. The van der Waals surface area contributed by atoms with Gasteiger partial charge in [0.25, 0.3) is 0 Å². The van der Waals surface area contributed by atoms with Gasteiger partial charge in [-0.2, -0.15) is 0 Å². The van der Waals surface area contributed by atoms with E-state index in [1.54, 1.807) is 6.20 Å². The summed E-state index contributed by atoms with van der Waals surface area (Å²) in [6.45, 7) is 3.39. The first-order valence-corrected chi connectivity index (χ1v) is 5.33. The molecule has 0 atom stereocenters. The maximum Gasteiger partial charge on any atom is 0.166 e. The molecule has 0 bridgehead atoms. The number of aromatic nitrogens is 1. The quantitative estimate of drug-likeness (QED) is 0.827. The molecule has 1 aliphatic rings. The second-order valence-electron chi connectivity index (χ2n) is 3.20. The molecule has 3 nitrogen and oxygen atoms in total. The molecule has 0 unspecified atom stereocenters. The zero-order chi connectivity index (χ0) is 9.97. The fraction of sp³-hybridized carbons (Fsp3) is 0.444. The molecule has 1 aromatic heterocycles. The molecule has 1 fully saturated rings. The first kappa shape index (κ1) is 9.86. The maximum atomic E-state index is 13.5. The van der Waals surface area contributed by atoms with Crippen LogP contribution in [0.25, 0.3) is 0 Å². The average molecular weight is 260 g/mol. The summed E-state index contributed by atoms with van der Waals surface area (Å²) >= 11 is 3.19. The number of piperazine rings is 1. The highest BCUT2D eigenvalue weighted by molar-refractivity contribution is 9.10. The van der Waals surface area contributed by atoms with Crippen LogP contribution >= 0.6 is 15.9 Å². The molecule has 2 heterocycles. The first-order valence-electron chi connectivity index (χ1n) is 4.54. The molecular weight excluding hydrogens is 249 g/mol. The zero-order valence-corrected chi connectivity index (χ0v) is 9.22. The van der Waals surface area contributed by atoms with E-state index in [1.165, 1.54) is 6.07 Å². The number of rotatable bonds is 1. The third kappa shape index (κ3) is 2.04. The van der Waals surface area contributed by atoms with E-state index in [0.29, 0.717) is 10.3 Å². The summed E-state index contributed by atoms with van der Waals surface area (Å²) in [4.78, 5) is 6.03. The number of anilines is 1. The van der Waals surface area contributed by atoms with Crippen molar-refractivity contribution >= 4 is 21.7 Å². The molecule has 0 spiro atoms. The van der Waals surface area contributed by atoms with Gasteiger partial charge in [-0.05, 0) is 22.0 Å². The predicted molar refractivity (Wildman–Crippen MR) is 57.0 cm³/mol. The van der Waals surface area contributed by atoms with Gasteiger partial charge in [0, 0.05) is 36.8 Å². The third-order valence-electron chi connectivity index (χ3n) is 2.20. The smallest absolute Gasteiger partial charge is 0.166 e. The Hall–Kier alpha value is -0.680. The van der Waals surface area contributed by atoms with Crippen LogP contribution in [-0.2, 0) is 0 Å². The van der Waals surface area contributed by atoms with Gasteiger partial charge in [0.15, 0.2) is 11.6 Å². The van der Waals surface area contributed by atoms with Crippen molar-refractivity contribution < 1.29 is 4.39 Å². The SMILES string of the molecule is Fc1cc(Br)cnc1N1CCNCC1. The van der Waals surface area contributed by atoms with Gasteiger partial charge in [0.05, 0.1) is 0 Å². The Morgan fingerprint density at radius 3 is 2.79 bits per heavy atom. The normalized spacial score (nSPS) is 17.1. The lowest BCUT2D eigenvalue weighted by molar-refractivity contribution is 0.558. The molecular formula is C9H11BrFN3. The number of hydrogen-bond donors (Lipinski definition) is 1. The largest absolute Gasteiger partial charge is 0.352 e. The Bertz CT molecular complexity index is 326. The van der Waals surface area contributed by atoms with Crippen LogP contribution in [0.1, 0.15) is 0 Å². The van der Waals surface area contributed by atoms with Gasteiger partial charge in [0.2, 0.25) is 0 Å². The number of halogens is 2. The molecule has 0 amide bonds. The summed E-state index contributed by atoms with van der Waals surface area (Å²) in [5.41, 5.74) is 0. The van der Waals surface area contributed by atoms with Gasteiger partial charge in [0.1, 0.15) is 0 Å². The molecule has 76 valence electrons. The monoisotopic (exact) mass is 259 g/mol. The van der Waals surface area contributed by atoms with Crippen molar-refractivity contribution in [2.24, 2.45) is 0 Å². The van der Waals surface area contributed by atoms with Crippen LogP contribution in [0.2, 0.25) is 0 Å². The van der Waals surface area contributed by atoms with Crippen LogP contribution in [0, 0.1) is 5.82 Å². The van der Waals surface area contributed by atoms with Gasteiger partial charge in [-0.25, -0.2) is 9.37 Å². The van der Waals surface area contributed by atoms with Crippen LogP contribution in [0.5, 0.6) is 0 Å². The molecule has 1 N–H and O–H groups in total. The number of hydrogen-bond acceptors (Lipinski definition) is 3. The van der Waals surface area contributed by atoms with Crippen LogP contribution in [0.4, 0.5) is 10.2 Å². The summed E-state index contributed by atoms with van der Waals surface area (Å²) < 4.78 is 14.2. The zero-order valence-electron chi connectivity index (χ0n) is 7.63. The Morgan fingerprint density at radius 2 is 2.14 bits per heavy atom. The molecule has 1 aromatic rings. The average Bonchev–Trinajstić information content (AvgIpc) is 2.19. The summed E-state index contributed by atoms with van der Waals surface area (Å²) in [6, 6.07) is 1.45. The summed E-state index contributed by atoms with van der Waals surface area (Å²) in [7, 11) is 0. The number of pyridine rings is 1. The second kappa shape index (κ2) is 4.23. The molecule has 0 aliphatic carbocycles. The fourth-order valence-electron chi connectivity index (χ4n) is 1.52. The van der Waals surface area contributed by atoms with Gasteiger partial charge >= 0.3 is 0 Å². The first-order chi connectivity index (χ1) is 6.77. The van der Waals surface area contributed by atoms with E-state index in [2.05, 4.69) is 26.2 Å². The summed E-state index contributed by atoms with van der Waals surface area (Å²) in [6.07, 6.45) is 1.63. The van der Waals surface area contributed by atoms with Crippen LogP contribution in [-0.4, -0.2) is 31.2 Å². The molecule has 0 aromatic carbocycles. The Morgan fingerprint density at radius 1 is 1.43 bits per heavy atom. The molecule has 14 heavy (non-hydrogen) atoms. The lowest BCUT2D eigenvalue weighted by Gasteiger charge is -2.28. The van der Waals surface area contributed by atoms with Crippen LogP contribution < -0.4 is 10.2 Å². The fourth-order valence-corrected chi connectivity index (χ4v) is 1.82. The van der Waals surface area contributed by atoms with E-state index in [9.17, 15) is 4.39 Å². The maximum absolute atomic E-state index is 13.5. The van der Waals surface area contributed by atoms with Gasteiger partial charge < -0.3 is 10.2 Å². The highest BCUT2D eigenvalue weighted by Gasteiger charge is 2.15. The van der Waals surface area contributed by atoms with Crippen LogP contribution in [0.3, 0.4) is 0 Å². The molecule has 2 rings (SSSR count). The third-order valence-corrected chi connectivity index (χ3v) is 2.64. The van der Waals surface area contributed by atoms with Crippen LogP contribution in [0.15, 0.2) is 16.7 Å². The molecule has 1 aliphatic heterocycles. The number of nitrogens with zero attached hydrogens (tertiary/aromatic N) is 2. The van der Waals surface area contributed by atoms with Gasteiger partial charge in [-0.15, -0.1) is 0 Å². The predicted octanol–water partition coefficient (Wildman–Crippen LogP) is 1.39. The minimum absolute atomic E-state index is 0.263. The minimum Gasteiger partial charge on any atom is -0.352 e. The van der Waals surface area contributed by atoms with E-state index in [1.807, 2.05) is 4.90 Å². The van der Waals surface area contributed by atoms with Gasteiger partial charge in [-0.1, -0.05) is 0 Å². The number of nitrogens with one attached hydrogen (secondary N) is 1. The van der Waals surface area contributed by atoms with E-state index in [4.69, 9.17) is 0 Å². The molecule has 5 heteroatoms.